The van der Waals surface area contributed by atoms with Crippen LogP contribution in [0.3, 0.4) is 0 Å². The van der Waals surface area contributed by atoms with Gasteiger partial charge in [0.05, 0.1) is 0 Å². The van der Waals surface area contributed by atoms with E-state index in [0.717, 1.165) is 34.0 Å². The Morgan fingerprint density at radius 3 is 2.24 bits per heavy atom. The summed E-state index contributed by atoms with van der Waals surface area (Å²) >= 11 is 0. The molecule has 6 fully saturated rings. The van der Waals surface area contributed by atoms with Gasteiger partial charge in [-0.05, 0) is 140 Å². The molecule has 1 heteroatoms. The molecule has 0 heterocycles. The van der Waals surface area contributed by atoms with Crippen LogP contribution in [-0.4, -0.2) is 15.5 Å². The van der Waals surface area contributed by atoms with Crippen molar-refractivity contribution in [3.63, 3.8) is 0 Å². The Balaban J connectivity index is 1.46. The van der Waals surface area contributed by atoms with Gasteiger partial charge in [-0.1, -0.05) is 68.2 Å². The maximum Gasteiger partial charge on any atom is -0.00766 e. The zero-order valence-electron chi connectivity index (χ0n) is 23.0. The molecule has 0 aromatic carbocycles. The van der Waals surface area contributed by atoms with Gasteiger partial charge in [-0.3, -0.25) is 0 Å². The van der Waals surface area contributed by atoms with Crippen LogP contribution in [0.15, 0.2) is 0 Å². The minimum Gasteiger partial charge on any atom is -0.0878 e. The fourth-order valence-electron chi connectivity index (χ4n) is 12.5. The molecular weight excluding hydrogens is 415 g/mol. The van der Waals surface area contributed by atoms with Crippen LogP contribution in [0, 0.1) is 34.5 Å². The lowest BCUT2D eigenvalue weighted by molar-refractivity contribution is 0.0412. The third-order valence-corrected chi connectivity index (χ3v) is 17.0. The summed E-state index contributed by atoms with van der Waals surface area (Å²) in [6.45, 7) is 13.6. The normalized spacial score (nSPS) is 57.4. The molecular formula is C32H55P. The summed E-state index contributed by atoms with van der Waals surface area (Å²) in [5.74, 6) is 4.07. The van der Waals surface area contributed by atoms with Gasteiger partial charge < -0.3 is 0 Å². The number of hydrogen-bond acceptors (Lipinski definition) is 0. The molecule has 6 aliphatic carbocycles. The standard InChI is InChI=1S/C32H55P/c1-24-9-12-28(3)14-15-32(18-24,23-28)33(31-11-7-6-8-26(21-31)10-13-31)30(5)20-27-16-25(2)17-29(4,19-27)22-30/h24-27H,6-23H2,1-5H3. The van der Waals surface area contributed by atoms with Gasteiger partial charge in [-0.25, -0.2) is 0 Å². The lowest BCUT2D eigenvalue weighted by Gasteiger charge is -2.64. The average molecular weight is 471 g/mol. The van der Waals surface area contributed by atoms with Crippen molar-refractivity contribution in [3.05, 3.63) is 0 Å². The zero-order chi connectivity index (χ0) is 23.1. The minimum atomic E-state index is 0.0537. The fourth-order valence-corrected chi connectivity index (χ4v) is 19.3. The number of hydrogen-bond donors (Lipinski definition) is 0. The van der Waals surface area contributed by atoms with Crippen molar-refractivity contribution in [1.29, 1.82) is 0 Å². The van der Waals surface area contributed by atoms with E-state index in [1.54, 1.807) is 96.3 Å². The van der Waals surface area contributed by atoms with Gasteiger partial charge in [0, 0.05) is 0 Å². The van der Waals surface area contributed by atoms with E-state index in [4.69, 9.17) is 0 Å². The highest BCUT2D eigenvalue weighted by molar-refractivity contribution is 7.62. The van der Waals surface area contributed by atoms with Crippen LogP contribution >= 0.6 is 7.92 Å². The van der Waals surface area contributed by atoms with Gasteiger partial charge in [0.15, 0.2) is 0 Å². The van der Waals surface area contributed by atoms with Crippen molar-refractivity contribution in [2.45, 2.75) is 166 Å². The van der Waals surface area contributed by atoms with Crippen LogP contribution < -0.4 is 0 Å². The van der Waals surface area contributed by atoms with Crippen LogP contribution in [0.25, 0.3) is 0 Å². The Bertz CT molecular complexity index is 756. The fraction of sp³-hybridized carbons (Fsp3) is 1.00. The highest BCUT2D eigenvalue weighted by Gasteiger charge is 2.65. The van der Waals surface area contributed by atoms with Gasteiger partial charge in [-0.15, -0.1) is 0 Å². The SMILES string of the molecule is CC1CC2CC(C)(C1)CC(C)(P(C13CCCCC(CC1)C3)C13CCC(C)(CCC(C)C1)C3)C2. The third-order valence-electron chi connectivity index (χ3n) is 12.5. The topological polar surface area (TPSA) is 0 Å². The summed E-state index contributed by atoms with van der Waals surface area (Å²) in [6.07, 6.45) is 28.5. The maximum absolute atomic E-state index is 2.92. The van der Waals surface area contributed by atoms with Crippen molar-refractivity contribution in [1.82, 2.24) is 0 Å². The van der Waals surface area contributed by atoms with E-state index in [-0.39, 0.29) is 7.92 Å². The van der Waals surface area contributed by atoms with Crippen molar-refractivity contribution in [2.24, 2.45) is 34.5 Å². The molecule has 0 aliphatic heterocycles. The van der Waals surface area contributed by atoms with Gasteiger partial charge in [0.25, 0.3) is 0 Å². The molecule has 10 atom stereocenters. The maximum atomic E-state index is 2.92. The second-order valence-electron chi connectivity index (χ2n) is 16.3. The first-order chi connectivity index (χ1) is 15.6. The van der Waals surface area contributed by atoms with Gasteiger partial charge >= 0.3 is 0 Å². The second kappa shape index (κ2) is 7.96. The predicted molar refractivity (Wildman–Crippen MR) is 145 cm³/mol. The first-order valence-corrected chi connectivity index (χ1v) is 16.7. The Morgan fingerprint density at radius 2 is 1.42 bits per heavy atom. The summed E-state index contributed by atoms with van der Waals surface area (Å²) < 4.78 is 0. The van der Waals surface area contributed by atoms with E-state index in [9.17, 15) is 0 Å². The van der Waals surface area contributed by atoms with Crippen molar-refractivity contribution in [3.8, 4) is 0 Å². The molecule has 0 spiro atoms. The van der Waals surface area contributed by atoms with E-state index in [2.05, 4.69) is 34.6 Å². The Hall–Kier alpha value is 0.430. The molecule has 0 amide bonds. The highest BCUT2D eigenvalue weighted by atomic mass is 31.1. The van der Waals surface area contributed by atoms with E-state index in [0.29, 0.717) is 16.0 Å². The van der Waals surface area contributed by atoms with Crippen LogP contribution in [0.4, 0.5) is 0 Å². The molecule has 6 rings (SSSR count). The molecule has 10 unspecified atom stereocenters. The van der Waals surface area contributed by atoms with Crippen LogP contribution in [0.2, 0.25) is 0 Å². The van der Waals surface area contributed by atoms with Crippen molar-refractivity contribution in [2.75, 3.05) is 0 Å². The third kappa shape index (κ3) is 4.02. The molecule has 33 heavy (non-hydrogen) atoms. The molecule has 6 saturated carbocycles. The molecule has 6 bridgehead atoms. The smallest absolute Gasteiger partial charge is 0.00766 e. The second-order valence-corrected chi connectivity index (χ2v) is 19.9. The molecule has 0 aromatic rings. The lowest BCUT2D eigenvalue weighted by Crippen LogP contribution is -2.52. The van der Waals surface area contributed by atoms with E-state index in [1.165, 1.54) is 19.3 Å². The molecule has 6 aliphatic rings. The molecule has 0 aromatic heterocycles. The van der Waals surface area contributed by atoms with Crippen molar-refractivity contribution < 1.29 is 0 Å². The monoisotopic (exact) mass is 470 g/mol. The van der Waals surface area contributed by atoms with Gasteiger partial charge in [0.2, 0.25) is 0 Å². The summed E-state index contributed by atoms with van der Waals surface area (Å²) in [5.41, 5.74) is 1.31. The van der Waals surface area contributed by atoms with Crippen LogP contribution in [-0.2, 0) is 0 Å². The first kappa shape index (κ1) is 23.8. The van der Waals surface area contributed by atoms with Gasteiger partial charge in [-0.2, -0.15) is 0 Å². The minimum absolute atomic E-state index is 0.0537. The molecule has 0 N–H and O–H groups in total. The average Bonchev–Trinajstić information content (AvgIpc) is 3.10. The zero-order valence-corrected chi connectivity index (χ0v) is 23.9. The van der Waals surface area contributed by atoms with Crippen molar-refractivity contribution >= 4 is 7.92 Å². The largest absolute Gasteiger partial charge is 0.0878 e. The molecule has 188 valence electrons. The predicted octanol–water partition coefficient (Wildman–Crippen LogP) is 10.3. The summed E-state index contributed by atoms with van der Waals surface area (Å²) in [7, 11) is 0.0537. The molecule has 0 saturated heterocycles. The summed E-state index contributed by atoms with van der Waals surface area (Å²) in [5, 5.41) is 2.14. The van der Waals surface area contributed by atoms with E-state index in [1.807, 2.05) is 0 Å². The summed E-state index contributed by atoms with van der Waals surface area (Å²) in [4.78, 5) is 0. The lowest BCUT2D eigenvalue weighted by atomic mass is 9.57. The van der Waals surface area contributed by atoms with Crippen LogP contribution in [0.5, 0.6) is 0 Å². The first-order valence-electron chi connectivity index (χ1n) is 15.4. The molecule has 0 nitrogen and oxygen atoms in total. The van der Waals surface area contributed by atoms with E-state index >= 15 is 0 Å². The number of rotatable bonds is 3. The summed E-state index contributed by atoms with van der Waals surface area (Å²) in [6, 6.07) is 0. The number of fused-ring (bicyclic) bond motifs is 6. The van der Waals surface area contributed by atoms with Gasteiger partial charge in [0.1, 0.15) is 0 Å². The van der Waals surface area contributed by atoms with Crippen LogP contribution in [0.1, 0.15) is 150 Å². The Kier molecular flexibility index (Phi) is 5.74. The Morgan fingerprint density at radius 1 is 0.576 bits per heavy atom. The quantitative estimate of drug-likeness (QED) is 0.360. The molecule has 0 radical (unpaired) electrons. The Labute approximate surface area is 208 Å². The highest BCUT2D eigenvalue weighted by Crippen LogP contribution is 2.83. The van der Waals surface area contributed by atoms with E-state index < -0.39 is 0 Å².